The van der Waals surface area contributed by atoms with Crippen molar-refractivity contribution in [3.63, 3.8) is 0 Å². The second-order valence-corrected chi connectivity index (χ2v) is 5.87. The van der Waals surface area contributed by atoms with Gasteiger partial charge in [0.25, 0.3) is 5.91 Å². The fraction of sp³-hybridized carbons (Fsp3) is 0.571. The Morgan fingerprint density at radius 3 is 2.41 bits per heavy atom. The van der Waals surface area contributed by atoms with Crippen LogP contribution in [0.1, 0.15) is 56.6 Å². The van der Waals surface area contributed by atoms with Crippen LogP contribution in [0.3, 0.4) is 0 Å². The Morgan fingerprint density at radius 2 is 2.00 bits per heavy atom. The highest BCUT2D eigenvalue weighted by Gasteiger charge is 2.13. The van der Waals surface area contributed by atoms with Crippen molar-refractivity contribution in [1.29, 1.82) is 0 Å². The molecule has 1 rings (SSSR count). The summed E-state index contributed by atoms with van der Waals surface area (Å²) in [5, 5.41) is 2.91. The second-order valence-electron chi connectivity index (χ2n) is 5.87. The van der Waals surface area contributed by atoms with E-state index in [0.29, 0.717) is 18.0 Å². The molecule has 1 N–H and O–H groups in total. The number of hydrogen-bond acceptors (Lipinski definition) is 2. The normalized spacial score (nSPS) is 11.6. The van der Waals surface area contributed by atoms with Crippen molar-refractivity contribution in [3.8, 4) is 0 Å². The monoisotopic (exact) mass is 234 g/mol. The fourth-order valence-corrected chi connectivity index (χ4v) is 1.33. The van der Waals surface area contributed by atoms with Crippen molar-refractivity contribution in [2.24, 2.45) is 5.41 Å². The zero-order chi connectivity index (χ0) is 13.1. The maximum Gasteiger partial charge on any atom is 0.252 e. The molecular formula is C14H22N2O. The molecule has 0 atom stereocenters. The summed E-state index contributed by atoms with van der Waals surface area (Å²) in [6.07, 6.45) is 1.65. The van der Waals surface area contributed by atoms with Gasteiger partial charge < -0.3 is 5.32 Å². The zero-order valence-electron chi connectivity index (χ0n) is 11.4. The molecule has 0 spiro atoms. The molecule has 0 aromatic carbocycles. The number of aromatic nitrogens is 1. The SMILES string of the molecule is CC(C)c1ccc(C(=O)NCC(C)(C)C)cn1. The first-order valence-electron chi connectivity index (χ1n) is 6.04. The number of rotatable bonds is 3. The van der Waals surface area contributed by atoms with E-state index in [1.165, 1.54) is 0 Å². The standard InChI is InChI=1S/C14H22N2O/c1-10(2)12-7-6-11(8-15-12)13(17)16-9-14(3,4)5/h6-8,10H,9H2,1-5H3,(H,16,17). The third-order valence-electron chi connectivity index (χ3n) is 2.42. The Bertz CT molecular complexity index is 374. The molecule has 1 aromatic rings. The van der Waals surface area contributed by atoms with Crippen molar-refractivity contribution in [3.05, 3.63) is 29.6 Å². The van der Waals surface area contributed by atoms with Crippen LogP contribution in [0.2, 0.25) is 0 Å². The van der Waals surface area contributed by atoms with Crippen LogP contribution in [-0.4, -0.2) is 17.4 Å². The van der Waals surface area contributed by atoms with Gasteiger partial charge in [-0.05, 0) is 23.5 Å². The van der Waals surface area contributed by atoms with E-state index in [-0.39, 0.29) is 11.3 Å². The number of amides is 1. The number of nitrogens with zero attached hydrogens (tertiary/aromatic N) is 1. The van der Waals surface area contributed by atoms with Crippen LogP contribution in [0.5, 0.6) is 0 Å². The van der Waals surface area contributed by atoms with E-state index in [1.54, 1.807) is 6.20 Å². The van der Waals surface area contributed by atoms with E-state index in [4.69, 9.17) is 0 Å². The van der Waals surface area contributed by atoms with Gasteiger partial charge in [-0.15, -0.1) is 0 Å². The first-order chi connectivity index (χ1) is 7.79. The van der Waals surface area contributed by atoms with E-state index < -0.39 is 0 Å². The minimum absolute atomic E-state index is 0.0530. The van der Waals surface area contributed by atoms with Gasteiger partial charge in [0.1, 0.15) is 0 Å². The van der Waals surface area contributed by atoms with Crippen LogP contribution in [0, 0.1) is 5.41 Å². The Balaban J connectivity index is 2.64. The van der Waals surface area contributed by atoms with Gasteiger partial charge in [-0.3, -0.25) is 9.78 Å². The predicted octanol–water partition coefficient (Wildman–Crippen LogP) is 2.98. The van der Waals surface area contributed by atoms with E-state index in [0.717, 1.165) is 5.69 Å². The predicted molar refractivity (Wildman–Crippen MR) is 70.1 cm³/mol. The lowest BCUT2D eigenvalue weighted by Gasteiger charge is -2.18. The van der Waals surface area contributed by atoms with Crippen molar-refractivity contribution in [1.82, 2.24) is 10.3 Å². The molecule has 0 aliphatic heterocycles. The van der Waals surface area contributed by atoms with Crippen LogP contribution in [0.25, 0.3) is 0 Å². The van der Waals surface area contributed by atoms with Crippen LogP contribution in [0.4, 0.5) is 0 Å². The molecular weight excluding hydrogens is 212 g/mol. The summed E-state index contributed by atoms with van der Waals surface area (Å²) in [4.78, 5) is 16.1. The Hall–Kier alpha value is -1.38. The van der Waals surface area contributed by atoms with Crippen LogP contribution < -0.4 is 5.32 Å². The van der Waals surface area contributed by atoms with Gasteiger partial charge in [-0.25, -0.2) is 0 Å². The summed E-state index contributed by atoms with van der Waals surface area (Å²) in [5.74, 6) is 0.337. The molecule has 0 bridgehead atoms. The molecule has 1 heterocycles. The van der Waals surface area contributed by atoms with Gasteiger partial charge in [-0.1, -0.05) is 34.6 Å². The van der Waals surface area contributed by atoms with E-state index in [1.807, 2.05) is 12.1 Å². The lowest BCUT2D eigenvalue weighted by molar-refractivity contribution is 0.0939. The Kier molecular flexibility index (Phi) is 4.27. The van der Waals surface area contributed by atoms with E-state index in [2.05, 4.69) is 44.9 Å². The number of hydrogen-bond donors (Lipinski definition) is 1. The molecule has 94 valence electrons. The maximum absolute atomic E-state index is 11.8. The van der Waals surface area contributed by atoms with Gasteiger partial charge in [0.2, 0.25) is 0 Å². The summed E-state index contributed by atoms with van der Waals surface area (Å²) in [7, 11) is 0. The fourth-order valence-electron chi connectivity index (χ4n) is 1.33. The number of carbonyl (C=O) groups is 1. The van der Waals surface area contributed by atoms with Crippen LogP contribution in [-0.2, 0) is 0 Å². The van der Waals surface area contributed by atoms with Crippen molar-refractivity contribution >= 4 is 5.91 Å². The molecule has 3 nitrogen and oxygen atoms in total. The quantitative estimate of drug-likeness (QED) is 0.873. The topological polar surface area (TPSA) is 42.0 Å². The molecule has 1 amide bonds. The molecule has 0 unspecified atom stereocenters. The average molecular weight is 234 g/mol. The van der Waals surface area contributed by atoms with Crippen molar-refractivity contribution < 1.29 is 4.79 Å². The second kappa shape index (κ2) is 5.30. The smallest absolute Gasteiger partial charge is 0.252 e. The first-order valence-corrected chi connectivity index (χ1v) is 6.04. The lowest BCUT2D eigenvalue weighted by Crippen LogP contribution is -2.32. The summed E-state index contributed by atoms with van der Waals surface area (Å²) < 4.78 is 0. The summed E-state index contributed by atoms with van der Waals surface area (Å²) in [5.41, 5.74) is 1.73. The zero-order valence-corrected chi connectivity index (χ0v) is 11.4. The minimum Gasteiger partial charge on any atom is -0.351 e. The molecule has 0 saturated carbocycles. The summed E-state index contributed by atoms with van der Waals surface area (Å²) >= 11 is 0. The van der Waals surface area contributed by atoms with Crippen LogP contribution in [0.15, 0.2) is 18.3 Å². The first kappa shape index (κ1) is 13.7. The van der Waals surface area contributed by atoms with Gasteiger partial charge in [0, 0.05) is 18.4 Å². The molecule has 1 aromatic heterocycles. The molecule has 17 heavy (non-hydrogen) atoms. The molecule has 0 fully saturated rings. The highest BCUT2D eigenvalue weighted by molar-refractivity contribution is 5.93. The van der Waals surface area contributed by atoms with Gasteiger partial charge in [0.05, 0.1) is 5.56 Å². The molecule has 0 aliphatic carbocycles. The third kappa shape index (κ3) is 4.55. The molecule has 0 aliphatic rings. The molecule has 3 heteroatoms. The molecule has 0 radical (unpaired) electrons. The van der Waals surface area contributed by atoms with Crippen LogP contribution >= 0.6 is 0 Å². The highest BCUT2D eigenvalue weighted by Crippen LogP contribution is 2.13. The Labute approximate surface area is 104 Å². The maximum atomic E-state index is 11.8. The number of nitrogens with one attached hydrogen (secondary N) is 1. The van der Waals surface area contributed by atoms with E-state index in [9.17, 15) is 4.79 Å². The summed E-state index contributed by atoms with van der Waals surface area (Å²) in [6, 6.07) is 3.75. The molecule has 0 saturated heterocycles. The van der Waals surface area contributed by atoms with Gasteiger partial charge >= 0.3 is 0 Å². The third-order valence-corrected chi connectivity index (χ3v) is 2.42. The van der Waals surface area contributed by atoms with Gasteiger partial charge in [0.15, 0.2) is 0 Å². The largest absolute Gasteiger partial charge is 0.351 e. The number of pyridine rings is 1. The number of carbonyl (C=O) groups excluding carboxylic acids is 1. The summed E-state index contributed by atoms with van der Waals surface area (Å²) in [6.45, 7) is 11.1. The Morgan fingerprint density at radius 1 is 1.35 bits per heavy atom. The van der Waals surface area contributed by atoms with E-state index >= 15 is 0 Å². The van der Waals surface area contributed by atoms with Crippen molar-refractivity contribution in [2.75, 3.05) is 6.54 Å². The minimum atomic E-state index is -0.0530. The average Bonchev–Trinajstić information content (AvgIpc) is 2.25. The van der Waals surface area contributed by atoms with Crippen molar-refractivity contribution in [2.45, 2.75) is 40.5 Å². The highest BCUT2D eigenvalue weighted by atomic mass is 16.1. The lowest BCUT2D eigenvalue weighted by atomic mass is 9.97. The van der Waals surface area contributed by atoms with Gasteiger partial charge in [-0.2, -0.15) is 0 Å².